The molecule has 0 unspecified atom stereocenters. The number of likely N-dealkylation sites (tertiary alicyclic amines) is 1. The van der Waals surface area contributed by atoms with Gasteiger partial charge in [0.05, 0.1) is 6.07 Å². The monoisotopic (exact) mass is 291 g/mol. The van der Waals surface area contributed by atoms with Crippen molar-refractivity contribution in [1.82, 2.24) is 10.2 Å². The predicted octanol–water partition coefficient (Wildman–Crippen LogP) is 2.70. The molecule has 1 heterocycles. The lowest BCUT2D eigenvalue weighted by Gasteiger charge is -2.38. The van der Waals surface area contributed by atoms with Gasteiger partial charge in [-0.3, -0.25) is 4.79 Å². The summed E-state index contributed by atoms with van der Waals surface area (Å²) in [6.07, 6.45) is 8.00. The van der Waals surface area contributed by atoms with Crippen LogP contribution in [0, 0.1) is 22.2 Å². The third kappa shape index (κ3) is 3.97. The molecule has 21 heavy (non-hydrogen) atoms. The zero-order valence-corrected chi connectivity index (χ0v) is 13.6. The molecule has 4 heteroatoms. The lowest BCUT2D eigenvalue weighted by molar-refractivity contribution is -0.129. The van der Waals surface area contributed by atoms with Crippen molar-refractivity contribution in [2.24, 2.45) is 10.8 Å². The maximum atomic E-state index is 12.6. The third-order valence-electron chi connectivity index (χ3n) is 5.48. The molecule has 118 valence electrons. The van der Waals surface area contributed by atoms with Gasteiger partial charge in [-0.15, -0.1) is 0 Å². The summed E-state index contributed by atoms with van der Waals surface area (Å²) in [6.45, 7) is 5.15. The van der Waals surface area contributed by atoms with Gasteiger partial charge in [-0.25, -0.2) is 0 Å². The number of nitrogens with one attached hydrogen (secondary N) is 1. The molecule has 2 aliphatic rings. The molecule has 2 rings (SSSR count). The summed E-state index contributed by atoms with van der Waals surface area (Å²) in [5, 5.41) is 12.7. The molecule has 0 atom stereocenters. The molecule has 0 radical (unpaired) electrons. The van der Waals surface area contributed by atoms with Gasteiger partial charge in [0.15, 0.2) is 0 Å². The maximum absolute atomic E-state index is 12.6. The summed E-state index contributed by atoms with van der Waals surface area (Å²) in [5.41, 5.74) is -0.581. The minimum absolute atomic E-state index is 0.0212. The topological polar surface area (TPSA) is 56.1 Å². The van der Waals surface area contributed by atoms with Crippen molar-refractivity contribution in [2.75, 3.05) is 26.7 Å². The lowest BCUT2D eigenvalue weighted by Crippen LogP contribution is -2.47. The van der Waals surface area contributed by atoms with Gasteiger partial charge >= 0.3 is 0 Å². The van der Waals surface area contributed by atoms with Crippen LogP contribution in [0.5, 0.6) is 0 Å². The smallest absolute Gasteiger partial charge is 0.240 e. The van der Waals surface area contributed by atoms with Gasteiger partial charge in [0.25, 0.3) is 0 Å². The minimum atomic E-state index is -0.766. The van der Waals surface area contributed by atoms with Gasteiger partial charge in [0.2, 0.25) is 5.91 Å². The van der Waals surface area contributed by atoms with E-state index in [0.29, 0.717) is 6.54 Å². The standard InChI is InChI=1S/C17H29N3O/c1-16(9-11-20(2)12-10-16)14-19-15(21)17(13-18)7-5-3-4-6-8-17/h3-12,14H2,1-2H3,(H,19,21). The number of carbonyl (C=O) groups excluding carboxylic acids is 1. The van der Waals surface area contributed by atoms with E-state index >= 15 is 0 Å². The maximum Gasteiger partial charge on any atom is 0.240 e. The average molecular weight is 291 g/mol. The average Bonchev–Trinajstić information content (AvgIpc) is 2.75. The normalized spacial score (nSPS) is 25.6. The molecule has 1 aliphatic heterocycles. The largest absolute Gasteiger partial charge is 0.354 e. The second kappa shape index (κ2) is 6.79. The van der Waals surface area contributed by atoms with Crippen LogP contribution in [0.3, 0.4) is 0 Å². The van der Waals surface area contributed by atoms with Crippen molar-refractivity contribution in [3.8, 4) is 6.07 Å². The van der Waals surface area contributed by atoms with E-state index < -0.39 is 5.41 Å². The SMILES string of the molecule is CN1CCC(C)(CNC(=O)C2(C#N)CCCCCC2)CC1. The van der Waals surface area contributed by atoms with Crippen molar-refractivity contribution < 1.29 is 4.79 Å². The molecule has 0 spiro atoms. The fourth-order valence-corrected chi connectivity index (χ4v) is 3.52. The summed E-state index contributed by atoms with van der Waals surface area (Å²) in [7, 11) is 2.15. The quantitative estimate of drug-likeness (QED) is 0.813. The van der Waals surface area contributed by atoms with E-state index in [1.807, 2.05) is 0 Å². The van der Waals surface area contributed by atoms with E-state index in [4.69, 9.17) is 0 Å². The van der Waals surface area contributed by atoms with Gasteiger partial charge in [-0.05, 0) is 51.2 Å². The highest BCUT2D eigenvalue weighted by molar-refractivity contribution is 5.85. The van der Waals surface area contributed by atoms with Gasteiger partial charge in [-0.2, -0.15) is 5.26 Å². The van der Waals surface area contributed by atoms with Gasteiger partial charge < -0.3 is 10.2 Å². The number of nitrogens with zero attached hydrogens (tertiary/aromatic N) is 2. The van der Waals surface area contributed by atoms with Crippen molar-refractivity contribution in [3.63, 3.8) is 0 Å². The first-order valence-corrected chi connectivity index (χ1v) is 8.38. The number of piperidine rings is 1. The summed E-state index contributed by atoms with van der Waals surface area (Å²) in [5.74, 6) is -0.0212. The Morgan fingerprint density at radius 1 is 1.14 bits per heavy atom. The Hall–Kier alpha value is -1.08. The Morgan fingerprint density at radius 3 is 2.24 bits per heavy atom. The summed E-state index contributed by atoms with van der Waals surface area (Å²) in [4.78, 5) is 14.9. The van der Waals surface area contributed by atoms with Crippen LogP contribution in [0.25, 0.3) is 0 Å². The predicted molar refractivity (Wildman–Crippen MR) is 83.6 cm³/mol. The Bertz CT molecular complexity index is 397. The van der Waals surface area contributed by atoms with Crippen LogP contribution in [-0.2, 0) is 4.79 Å². The fourth-order valence-electron chi connectivity index (χ4n) is 3.52. The first-order valence-electron chi connectivity index (χ1n) is 8.38. The third-order valence-corrected chi connectivity index (χ3v) is 5.48. The van der Waals surface area contributed by atoms with E-state index in [0.717, 1.165) is 64.5 Å². The fraction of sp³-hybridized carbons (Fsp3) is 0.882. The van der Waals surface area contributed by atoms with Gasteiger partial charge in [-0.1, -0.05) is 32.6 Å². The Balaban J connectivity index is 1.92. The first-order chi connectivity index (χ1) is 10.00. The van der Waals surface area contributed by atoms with E-state index in [9.17, 15) is 10.1 Å². The number of hydrogen-bond donors (Lipinski definition) is 1. The number of nitriles is 1. The molecular formula is C17H29N3O. The Labute approximate surface area is 128 Å². The zero-order chi connectivity index (χ0) is 15.3. The van der Waals surface area contributed by atoms with Crippen molar-refractivity contribution in [2.45, 2.75) is 58.3 Å². The summed E-state index contributed by atoms with van der Waals surface area (Å²) in [6, 6.07) is 2.34. The van der Waals surface area contributed by atoms with Crippen LogP contribution in [0.15, 0.2) is 0 Å². The van der Waals surface area contributed by atoms with Crippen molar-refractivity contribution >= 4 is 5.91 Å². The van der Waals surface area contributed by atoms with Crippen LogP contribution < -0.4 is 5.32 Å². The molecule has 2 fully saturated rings. The van der Waals surface area contributed by atoms with Gasteiger partial charge in [0, 0.05) is 6.54 Å². The molecule has 0 aromatic heterocycles. The van der Waals surface area contributed by atoms with Crippen LogP contribution in [0.2, 0.25) is 0 Å². The van der Waals surface area contributed by atoms with Crippen molar-refractivity contribution in [3.05, 3.63) is 0 Å². The molecule has 1 saturated carbocycles. The van der Waals surface area contributed by atoms with Crippen LogP contribution in [-0.4, -0.2) is 37.5 Å². The molecular weight excluding hydrogens is 262 g/mol. The first kappa shape index (κ1) is 16.3. The number of rotatable bonds is 3. The van der Waals surface area contributed by atoms with Crippen LogP contribution in [0.1, 0.15) is 58.3 Å². The molecule has 1 N–H and O–H groups in total. The highest BCUT2D eigenvalue weighted by Crippen LogP contribution is 2.35. The number of hydrogen-bond acceptors (Lipinski definition) is 3. The molecule has 1 saturated heterocycles. The minimum Gasteiger partial charge on any atom is -0.354 e. The molecule has 1 aliphatic carbocycles. The lowest BCUT2D eigenvalue weighted by atomic mass is 9.78. The summed E-state index contributed by atoms with van der Waals surface area (Å²) < 4.78 is 0. The molecule has 4 nitrogen and oxygen atoms in total. The Morgan fingerprint density at radius 2 is 1.71 bits per heavy atom. The Kier molecular flexibility index (Phi) is 5.27. The highest BCUT2D eigenvalue weighted by Gasteiger charge is 2.40. The molecule has 1 amide bonds. The van der Waals surface area contributed by atoms with Crippen LogP contribution >= 0.6 is 0 Å². The van der Waals surface area contributed by atoms with E-state index in [1.54, 1.807) is 0 Å². The zero-order valence-electron chi connectivity index (χ0n) is 13.6. The van der Waals surface area contributed by atoms with Crippen LogP contribution in [0.4, 0.5) is 0 Å². The van der Waals surface area contributed by atoms with Gasteiger partial charge in [0.1, 0.15) is 5.41 Å². The second-order valence-corrected chi connectivity index (χ2v) is 7.40. The molecule has 0 bridgehead atoms. The summed E-state index contributed by atoms with van der Waals surface area (Å²) >= 11 is 0. The van der Waals surface area contributed by atoms with E-state index in [1.165, 1.54) is 0 Å². The van der Waals surface area contributed by atoms with Crippen molar-refractivity contribution in [1.29, 1.82) is 5.26 Å². The molecule has 0 aromatic rings. The highest BCUT2D eigenvalue weighted by atomic mass is 16.2. The van der Waals surface area contributed by atoms with E-state index in [2.05, 4.69) is 30.3 Å². The van der Waals surface area contributed by atoms with E-state index in [-0.39, 0.29) is 11.3 Å². The molecule has 0 aromatic carbocycles. The second-order valence-electron chi connectivity index (χ2n) is 7.40. The number of amides is 1. The number of carbonyl (C=O) groups is 1.